The Kier molecular flexibility index (Phi) is 5.40. The van der Waals surface area contributed by atoms with E-state index in [1.165, 1.54) is 10.2 Å². The van der Waals surface area contributed by atoms with E-state index in [9.17, 15) is 4.79 Å². The Morgan fingerprint density at radius 3 is 2.55 bits per heavy atom. The third-order valence-electron chi connectivity index (χ3n) is 5.96. The number of fused-ring (bicyclic) bond motifs is 1. The fourth-order valence-electron chi connectivity index (χ4n) is 4.16. The fraction of sp³-hybridized carbons (Fsp3) is 0.292. The van der Waals surface area contributed by atoms with Gasteiger partial charge in [-0.1, -0.05) is 18.2 Å². The molecule has 1 aliphatic rings. The van der Waals surface area contributed by atoms with E-state index >= 15 is 0 Å². The van der Waals surface area contributed by atoms with Crippen molar-refractivity contribution in [1.82, 2.24) is 24.6 Å². The van der Waals surface area contributed by atoms with Gasteiger partial charge >= 0.3 is 0 Å². The molecule has 0 aliphatic carbocycles. The highest BCUT2D eigenvalue weighted by Gasteiger charge is 2.18. The first-order valence-corrected chi connectivity index (χ1v) is 11.4. The van der Waals surface area contributed by atoms with Crippen LogP contribution in [0.5, 0.6) is 0 Å². The van der Waals surface area contributed by atoms with Crippen molar-refractivity contribution in [2.24, 2.45) is 7.05 Å². The minimum absolute atomic E-state index is 0.0615. The van der Waals surface area contributed by atoms with E-state index in [2.05, 4.69) is 56.6 Å². The van der Waals surface area contributed by atoms with Crippen LogP contribution < -0.4 is 5.56 Å². The molecule has 1 fully saturated rings. The number of aromatic nitrogens is 3. The predicted molar refractivity (Wildman–Crippen MR) is 126 cm³/mol. The molecule has 5 rings (SSSR count). The Bertz CT molecular complexity index is 1270. The first-order valence-electron chi connectivity index (χ1n) is 10.5. The molecular weight excluding hydrogens is 406 g/mol. The van der Waals surface area contributed by atoms with E-state index in [1.807, 2.05) is 12.1 Å². The molecule has 3 aromatic heterocycles. The van der Waals surface area contributed by atoms with Crippen LogP contribution in [0.1, 0.15) is 5.56 Å². The second-order valence-electron chi connectivity index (χ2n) is 8.15. The number of nitrogens with zero attached hydrogens (tertiary/aromatic N) is 5. The average Bonchev–Trinajstić information content (AvgIpc) is 3.24. The van der Waals surface area contributed by atoms with Crippen molar-refractivity contribution in [2.75, 3.05) is 33.2 Å². The van der Waals surface area contributed by atoms with Gasteiger partial charge in [0.15, 0.2) is 0 Å². The fourth-order valence-corrected chi connectivity index (χ4v) is 5.23. The summed E-state index contributed by atoms with van der Waals surface area (Å²) in [5.41, 5.74) is 5.08. The molecule has 158 valence electrons. The standard InChI is InChI=1S/C24H25N5OS/c1-27-10-12-29(13-11-27)15-17-4-3-5-19(14-17)20-16-31-23-21(20)24(30)28(2)26-22(23)18-6-8-25-9-7-18/h3-9,14,16H,10-13,15H2,1-2H3. The lowest BCUT2D eigenvalue weighted by Gasteiger charge is -2.32. The van der Waals surface area contributed by atoms with Crippen LogP contribution in [0, 0.1) is 0 Å². The average molecular weight is 432 g/mol. The molecule has 1 saturated heterocycles. The smallest absolute Gasteiger partial charge is 0.275 e. The molecule has 0 spiro atoms. The van der Waals surface area contributed by atoms with Crippen LogP contribution in [0.3, 0.4) is 0 Å². The highest BCUT2D eigenvalue weighted by Crippen LogP contribution is 2.36. The van der Waals surface area contributed by atoms with E-state index in [0.717, 1.165) is 65.2 Å². The predicted octanol–water partition coefficient (Wildman–Crippen LogP) is 3.47. The number of hydrogen-bond acceptors (Lipinski definition) is 6. The summed E-state index contributed by atoms with van der Waals surface area (Å²) in [5, 5.41) is 7.39. The molecule has 7 heteroatoms. The lowest BCUT2D eigenvalue weighted by atomic mass is 10.0. The molecule has 0 bridgehead atoms. The van der Waals surface area contributed by atoms with Crippen molar-refractivity contribution in [3.8, 4) is 22.4 Å². The molecule has 0 N–H and O–H groups in total. The van der Waals surface area contributed by atoms with Crippen LogP contribution in [0.2, 0.25) is 0 Å². The monoisotopic (exact) mass is 431 g/mol. The van der Waals surface area contributed by atoms with Crippen LogP contribution in [-0.2, 0) is 13.6 Å². The summed E-state index contributed by atoms with van der Waals surface area (Å²) >= 11 is 1.58. The summed E-state index contributed by atoms with van der Waals surface area (Å²) in [7, 11) is 3.90. The van der Waals surface area contributed by atoms with E-state index in [-0.39, 0.29) is 5.56 Å². The van der Waals surface area contributed by atoms with Gasteiger partial charge in [0, 0.05) is 68.7 Å². The van der Waals surface area contributed by atoms with Crippen molar-refractivity contribution < 1.29 is 0 Å². The largest absolute Gasteiger partial charge is 0.304 e. The number of thiophene rings is 1. The first-order chi connectivity index (χ1) is 15.1. The summed E-state index contributed by atoms with van der Waals surface area (Å²) < 4.78 is 2.37. The van der Waals surface area contributed by atoms with Crippen molar-refractivity contribution in [2.45, 2.75) is 6.54 Å². The molecule has 4 aromatic rings. The van der Waals surface area contributed by atoms with Crippen molar-refractivity contribution in [3.05, 3.63) is 70.1 Å². The normalized spacial score (nSPS) is 15.5. The number of pyridine rings is 1. The molecule has 31 heavy (non-hydrogen) atoms. The van der Waals surface area contributed by atoms with Crippen molar-refractivity contribution >= 4 is 21.4 Å². The Hall–Kier alpha value is -2.87. The highest BCUT2D eigenvalue weighted by molar-refractivity contribution is 7.18. The molecule has 0 amide bonds. The van der Waals surface area contributed by atoms with E-state index < -0.39 is 0 Å². The van der Waals surface area contributed by atoms with Crippen LogP contribution >= 0.6 is 11.3 Å². The number of hydrogen-bond donors (Lipinski definition) is 0. The number of likely N-dealkylation sites (N-methyl/N-ethyl adjacent to an activating group) is 1. The molecule has 0 saturated carbocycles. The first kappa shape index (κ1) is 20.1. The van der Waals surface area contributed by atoms with Gasteiger partial charge in [-0.15, -0.1) is 11.3 Å². The zero-order valence-corrected chi connectivity index (χ0v) is 18.6. The highest BCUT2D eigenvalue weighted by atomic mass is 32.1. The molecule has 0 atom stereocenters. The maximum Gasteiger partial charge on any atom is 0.275 e. The zero-order chi connectivity index (χ0) is 21.4. The third kappa shape index (κ3) is 3.92. The summed E-state index contributed by atoms with van der Waals surface area (Å²) in [6.07, 6.45) is 3.51. The lowest BCUT2D eigenvalue weighted by molar-refractivity contribution is 0.148. The number of rotatable bonds is 4. The van der Waals surface area contributed by atoms with Crippen LogP contribution in [0.4, 0.5) is 0 Å². The molecule has 4 heterocycles. The van der Waals surface area contributed by atoms with Gasteiger partial charge in [0.2, 0.25) is 0 Å². The third-order valence-corrected chi connectivity index (χ3v) is 6.94. The Balaban J connectivity index is 1.55. The van der Waals surface area contributed by atoms with Crippen LogP contribution in [-0.4, -0.2) is 57.8 Å². The zero-order valence-electron chi connectivity index (χ0n) is 17.8. The minimum atomic E-state index is -0.0615. The minimum Gasteiger partial charge on any atom is -0.304 e. The molecule has 1 aliphatic heterocycles. The van der Waals surface area contributed by atoms with Gasteiger partial charge in [-0.2, -0.15) is 5.10 Å². The quantitative estimate of drug-likeness (QED) is 0.495. The van der Waals surface area contributed by atoms with E-state index in [4.69, 9.17) is 0 Å². The summed E-state index contributed by atoms with van der Waals surface area (Å²) in [5.74, 6) is 0. The van der Waals surface area contributed by atoms with Gasteiger partial charge in [-0.25, -0.2) is 4.68 Å². The maximum absolute atomic E-state index is 13.1. The molecule has 0 radical (unpaired) electrons. The van der Waals surface area contributed by atoms with Gasteiger partial charge in [0.1, 0.15) is 5.69 Å². The molecule has 6 nitrogen and oxygen atoms in total. The molecule has 0 unspecified atom stereocenters. The lowest BCUT2D eigenvalue weighted by Crippen LogP contribution is -2.43. The maximum atomic E-state index is 13.1. The van der Waals surface area contributed by atoms with Gasteiger partial charge in [-0.05, 0) is 36.4 Å². The SMILES string of the molecule is CN1CCN(Cc2cccc(-c3csc4c(-c5ccncc5)nn(C)c(=O)c34)c2)CC1. The Morgan fingerprint density at radius 1 is 1.00 bits per heavy atom. The van der Waals surface area contributed by atoms with Gasteiger partial charge in [-0.3, -0.25) is 14.7 Å². The molecule has 1 aromatic carbocycles. The Morgan fingerprint density at radius 2 is 1.77 bits per heavy atom. The van der Waals surface area contributed by atoms with Crippen molar-refractivity contribution in [1.29, 1.82) is 0 Å². The second-order valence-corrected chi connectivity index (χ2v) is 9.03. The topological polar surface area (TPSA) is 54.3 Å². The number of piperazine rings is 1. The Labute approximate surface area is 185 Å². The van der Waals surface area contributed by atoms with Crippen LogP contribution in [0.15, 0.2) is 59.0 Å². The second kappa shape index (κ2) is 8.34. The van der Waals surface area contributed by atoms with Gasteiger partial charge in [0.25, 0.3) is 5.56 Å². The summed E-state index contributed by atoms with van der Waals surface area (Å²) in [6, 6.07) is 12.5. The number of benzene rings is 1. The van der Waals surface area contributed by atoms with E-state index in [1.54, 1.807) is 30.8 Å². The van der Waals surface area contributed by atoms with Gasteiger partial charge < -0.3 is 4.90 Å². The summed E-state index contributed by atoms with van der Waals surface area (Å²) in [4.78, 5) is 22.1. The van der Waals surface area contributed by atoms with Crippen LogP contribution in [0.25, 0.3) is 32.5 Å². The molecular formula is C24H25N5OS. The number of aryl methyl sites for hydroxylation is 1. The van der Waals surface area contributed by atoms with E-state index in [0.29, 0.717) is 0 Å². The van der Waals surface area contributed by atoms with Crippen molar-refractivity contribution in [3.63, 3.8) is 0 Å². The van der Waals surface area contributed by atoms with Gasteiger partial charge in [0.05, 0.1) is 10.1 Å². The summed E-state index contributed by atoms with van der Waals surface area (Å²) in [6.45, 7) is 5.32.